The molecule has 0 aliphatic heterocycles. The van der Waals surface area contributed by atoms with Crippen molar-refractivity contribution < 1.29 is 19.7 Å². The van der Waals surface area contributed by atoms with Crippen LogP contribution in [-0.4, -0.2) is 53.0 Å². The number of nitrogens with one attached hydrogen (secondary N) is 1. The van der Waals surface area contributed by atoms with Crippen LogP contribution >= 0.6 is 11.6 Å². The van der Waals surface area contributed by atoms with Crippen LogP contribution < -0.4 is 10.2 Å². The quantitative estimate of drug-likeness (QED) is 0.384. The Bertz CT molecular complexity index is 639. The third kappa shape index (κ3) is 4.52. The van der Waals surface area contributed by atoms with Crippen molar-refractivity contribution >= 4 is 34.6 Å². The van der Waals surface area contributed by atoms with E-state index >= 15 is 0 Å². The van der Waals surface area contributed by atoms with E-state index in [9.17, 15) is 25.0 Å². The Kier molecular flexibility index (Phi) is 7.33. The molecule has 1 amide bonds. The standard InChI is InChI=1S/C13H17ClN4O6/c1-2-16(5-3-14)12-10(13(20)15-4-6-19)7-9(17(21)22)8-11(12)18(23)24/h7-8,19H,2-6H2,1H3,(H,15,20). The largest absolute Gasteiger partial charge is 0.395 e. The van der Waals surface area contributed by atoms with Gasteiger partial charge in [0.1, 0.15) is 5.69 Å². The van der Waals surface area contributed by atoms with E-state index in [4.69, 9.17) is 16.7 Å². The number of carbonyl (C=O) groups excluding carboxylic acids is 1. The lowest BCUT2D eigenvalue weighted by atomic mass is 10.1. The summed E-state index contributed by atoms with van der Waals surface area (Å²) in [4.78, 5) is 34.6. The minimum atomic E-state index is -0.808. The second kappa shape index (κ2) is 8.99. The first-order valence-corrected chi connectivity index (χ1v) is 7.57. The number of aliphatic hydroxyl groups is 1. The highest BCUT2D eigenvalue weighted by Crippen LogP contribution is 2.36. The van der Waals surface area contributed by atoms with Crippen LogP contribution in [0.2, 0.25) is 0 Å². The number of benzene rings is 1. The number of aliphatic hydroxyl groups excluding tert-OH is 1. The zero-order valence-electron chi connectivity index (χ0n) is 12.9. The number of nitrogens with zero attached hydrogens (tertiary/aromatic N) is 3. The highest BCUT2D eigenvalue weighted by molar-refractivity contribution is 6.18. The molecule has 0 aliphatic carbocycles. The van der Waals surface area contributed by atoms with Crippen molar-refractivity contribution in [2.24, 2.45) is 0 Å². The van der Waals surface area contributed by atoms with Crippen LogP contribution in [0.5, 0.6) is 0 Å². The minimum absolute atomic E-state index is 0.0378. The number of amides is 1. The van der Waals surface area contributed by atoms with E-state index in [0.29, 0.717) is 6.54 Å². The smallest absolute Gasteiger partial charge is 0.300 e. The summed E-state index contributed by atoms with van der Waals surface area (Å²) in [7, 11) is 0. The van der Waals surface area contributed by atoms with Crippen molar-refractivity contribution in [1.29, 1.82) is 0 Å². The number of nitro groups is 2. The van der Waals surface area contributed by atoms with E-state index in [1.165, 1.54) is 4.90 Å². The molecule has 0 aromatic heterocycles. The molecule has 0 heterocycles. The molecule has 0 radical (unpaired) electrons. The Labute approximate surface area is 142 Å². The Balaban J connectivity index is 3.61. The van der Waals surface area contributed by atoms with E-state index in [0.717, 1.165) is 12.1 Å². The van der Waals surface area contributed by atoms with Gasteiger partial charge < -0.3 is 15.3 Å². The summed E-state index contributed by atoms with van der Waals surface area (Å²) in [5.41, 5.74) is -1.37. The summed E-state index contributed by atoms with van der Waals surface area (Å²) in [5.74, 6) is -0.599. The summed E-state index contributed by atoms with van der Waals surface area (Å²) < 4.78 is 0. The maximum Gasteiger partial charge on any atom is 0.300 e. The van der Waals surface area contributed by atoms with Crippen molar-refractivity contribution in [3.05, 3.63) is 37.9 Å². The molecular formula is C13H17ClN4O6. The Morgan fingerprint density at radius 1 is 1.33 bits per heavy atom. The van der Waals surface area contributed by atoms with Crippen molar-refractivity contribution in [2.45, 2.75) is 6.92 Å². The molecule has 0 aliphatic rings. The van der Waals surface area contributed by atoms with Gasteiger partial charge in [0.25, 0.3) is 17.3 Å². The fraction of sp³-hybridized carbons (Fsp3) is 0.462. The number of nitro benzene ring substituents is 2. The minimum Gasteiger partial charge on any atom is -0.395 e. The summed E-state index contributed by atoms with van der Waals surface area (Å²) in [6.45, 7) is 1.82. The Morgan fingerprint density at radius 2 is 2.00 bits per heavy atom. The molecule has 0 spiro atoms. The molecule has 0 saturated carbocycles. The van der Waals surface area contributed by atoms with E-state index < -0.39 is 27.1 Å². The van der Waals surface area contributed by atoms with Crippen LogP contribution in [0.25, 0.3) is 0 Å². The third-order valence-corrected chi connectivity index (χ3v) is 3.35. The number of hydrogen-bond acceptors (Lipinski definition) is 7. The number of carbonyl (C=O) groups is 1. The molecule has 11 heteroatoms. The molecule has 0 saturated heterocycles. The summed E-state index contributed by atoms with van der Waals surface area (Å²) >= 11 is 5.70. The summed E-state index contributed by atoms with van der Waals surface area (Å²) in [5, 5.41) is 33.5. The van der Waals surface area contributed by atoms with E-state index in [-0.39, 0.29) is 36.8 Å². The van der Waals surface area contributed by atoms with Crippen LogP contribution in [0.15, 0.2) is 12.1 Å². The number of non-ortho nitro benzene ring substituents is 1. The molecule has 0 unspecified atom stereocenters. The monoisotopic (exact) mass is 360 g/mol. The molecule has 0 fully saturated rings. The molecule has 0 atom stereocenters. The Hall–Kier alpha value is -2.46. The van der Waals surface area contributed by atoms with Gasteiger partial charge >= 0.3 is 0 Å². The number of anilines is 1. The van der Waals surface area contributed by atoms with Gasteiger partial charge in [-0.2, -0.15) is 0 Å². The maximum absolute atomic E-state index is 12.3. The number of alkyl halides is 1. The van der Waals surface area contributed by atoms with Crippen molar-refractivity contribution in [1.82, 2.24) is 5.32 Å². The first-order valence-electron chi connectivity index (χ1n) is 7.04. The SMILES string of the molecule is CCN(CCCl)c1c(C(=O)NCCO)cc([N+](=O)[O-])cc1[N+](=O)[O-]. The predicted octanol–water partition coefficient (Wildman–Crippen LogP) is 1.29. The first-order chi connectivity index (χ1) is 11.4. The van der Waals surface area contributed by atoms with Crippen LogP contribution in [-0.2, 0) is 0 Å². The zero-order valence-corrected chi connectivity index (χ0v) is 13.7. The lowest BCUT2D eigenvalue weighted by Crippen LogP contribution is -2.32. The molecule has 2 N–H and O–H groups in total. The predicted molar refractivity (Wildman–Crippen MR) is 87.8 cm³/mol. The average Bonchev–Trinajstić information content (AvgIpc) is 2.56. The molecule has 1 aromatic rings. The number of halogens is 1. The lowest BCUT2D eigenvalue weighted by Gasteiger charge is -2.24. The average molecular weight is 361 g/mol. The summed E-state index contributed by atoms with van der Waals surface area (Å²) in [6.07, 6.45) is 0. The zero-order chi connectivity index (χ0) is 18.3. The van der Waals surface area contributed by atoms with E-state index in [2.05, 4.69) is 5.32 Å². The van der Waals surface area contributed by atoms with Gasteiger partial charge in [0.05, 0.1) is 28.1 Å². The van der Waals surface area contributed by atoms with E-state index in [1.807, 2.05) is 0 Å². The Morgan fingerprint density at radius 3 is 2.46 bits per heavy atom. The number of rotatable bonds is 9. The van der Waals surface area contributed by atoms with Gasteiger partial charge in [-0.15, -0.1) is 11.6 Å². The normalized spacial score (nSPS) is 10.3. The maximum atomic E-state index is 12.3. The molecule has 132 valence electrons. The van der Waals surface area contributed by atoms with E-state index in [1.54, 1.807) is 6.92 Å². The van der Waals surface area contributed by atoms with Gasteiger partial charge in [-0.1, -0.05) is 0 Å². The van der Waals surface area contributed by atoms with Crippen molar-refractivity contribution in [2.75, 3.05) is 37.0 Å². The van der Waals surface area contributed by atoms with Crippen LogP contribution in [0.4, 0.5) is 17.1 Å². The van der Waals surface area contributed by atoms with Gasteiger partial charge in [0.15, 0.2) is 0 Å². The van der Waals surface area contributed by atoms with Gasteiger partial charge in [0, 0.05) is 31.6 Å². The fourth-order valence-electron chi connectivity index (χ4n) is 2.15. The first kappa shape index (κ1) is 19.6. The highest BCUT2D eigenvalue weighted by Gasteiger charge is 2.30. The topological polar surface area (TPSA) is 139 Å². The molecule has 1 aromatic carbocycles. The second-order valence-corrected chi connectivity index (χ2v) is 5.00. The molecule has 10 nitrogen and oxygen atoms in total. The number of hydrogen-bond donors (Lipinski definition) is 2. The van der Waals surface area contributed by atoms with Crippen LogP contribution in [0.3, 0.4) is 0 Å². The molecule has 0 bridgehead atoms. The molecule has 24 heavy (non-hydrogen) atoms. The lowest BCUT2D eigenvalue weighted by molar-refractivity contribution is -0.393. The molecular weight excluding hydrogens is 344 g/mol. The second-order valence-electron chi connectivity index (χ2n) is 4.62. The summed E-state index contributed by atoms with van der Waals surface area (Å²) in [6, 6.07) is 1.79. The van der Waals surface area contributed by atoms with Gasteiger partial charge in [-0.05, 0) is 6.92 Å². The van der Waals surface area contributed by atoms with Gasteiger partial charge in [0.2, 0.25) is 0 Å². The van der Waals surface area contributed by atoms with Crippen molar-refractivity contribution in [3.8, 4) is 0 Å². The van der Waals surface area contributed by atoms with Crippen LogP contribution in [0.1, 0.15) is 17.3 Å². The highest BCUT2D eigenvalue weighted by atomic mass is 35.5. The van der Waals surface area contributed by atoms with Gasteiger partial charge in [-0.3, -0.25) is 25.0 Å². The fourth-order valence-corrected chi connectivity index (χ4v) is 2.35. The van der Waals surface area contributed by atoms with Crippen molar-refractivity contribution in [3.63, 3.8) is 0 Å². The van der Waals surface area contributed by atoms with Crippen LogP contribution in [0, 0.1) is 20.2 Å². The van der Waals surface area contributed by atoms with Gasteiger partial charge in [-0.25, -0.2) is 0 Å². The molecule has 1 rings (SSSR count). The third-order valence-electron chi connectivity index (χ3n) is 3.18.